The summed E-state index contributed by atoms with van der Waals surface area (Å²) in [6.07, 6.45) is 2.83. The average Bonchev–Trinajstić information content (AvgIpc) is 2.07. The fourth-order valence-corrected chi connectivity index (χ4v) is 1.43. The lowest BCUT2D eigenvalue weighted by molar-refractivity contribution is -0.112. The zero-order chi connectivity index (χ0) is 8.10. The van der Waals surface area contributed by atoms with Crippen LogP contribution in [0.3, 0.4) is 0 Å². The highest BCUT2D eigenvalue weighted by atomic mass is 19.1. The first-order chi connectivity index (χ1) is 5.36. The predicted molar refractivity (Wildman–Crippen MR) is 41.2 cm³/mol. The maximum Gasteiger partial charge on any atom is 0.123 e. The molecule has 1 heterocycles. The van der Waals surface area contributed by atoms with E-state index in [1.165, 1.54) is 0 Å². The van der Waals surface area contributed by atoms with Gasteiger partial charge in [-0.2, -0.15) is 0 Å². The van der Waals surface area contributed by atoms with Crippen molar-refractivity contribution in [2.45, 2.75) is 12.8 Å². The van der Waals surface area contributed by atoms with E-state index in [1.807, 2.05) is 0 Å². The molecule has 1 aliphatic heterocycles. The van der Waals surface area contributed by atoms with Gasteiger partial charge in [-0.1, -0.05) is 0 Å². The largest absolute Gasteiger partial charge is 0.303 e. The molecule has 0 amide bonds. The molecule has 64 valence electrons. The molecule has 0 spiro atoms. The van der Waals surface area contributed by atoms with Crippen molar-refractivity contribution in [1.82, 2.24) is 4.90 Å². The molecule has 1 fully saturated rings. The lowest BCUT2D eigenvalue weighted by Gasteiger charge is -2.28. The highest BCUT2D eigenvalue weighted by Gasteiger charge is 2.17. The monoisotopic (exact) mass is 159 g/mol. The second kappa shape index (κ2) is 4.44. The minimum absolute atomic E-state index is 0.228. The molecule has 0 aliphatic carbocycles. The summed E-state index contributed by atoms with van der Waals surface area (Å²) < 4.78 is 11.8. The van der Waals surface area contributed by atoms with E-state index in [2.05, 4.69) is 4.90 Å². The number of likely N-dealkylation sites (tertiary alicyclic amines) is 1. The van der Waals surface area contributed by atoms with Crippen molar-refractivity contribution in [3.8, 4) is 0 Å². The number of rotatable bonds is 3. The lowest BCUT2D eigenvalue weighted by Crippen LogP contribution is -2.35. The maximum absolute atomic E-state index is 11.8. The van der Waals surface area contributed by atoms with Gasteiger partial charge >= 0.3 is 0 Å². The summed E-state index contributed by atoms with van der Waals surface area (Å²) in [5.74, 6) is 0.228. The molecule has 0 aromatic rings. The van der Waals surface area contributed by atoms with Gasteiger partial charge in [0.15, 0.2) is 0 Å². The third-order valence-electron chi connectivity index (χ3n) is 2.23. The Balaban J connectivity index is 2.18. The number of carbonyl (C=O) groups is 1. The van der Waals surface area contributed by atoms with Gasteiger partial charge in [-0.25, -0.2) is 4.39 Å². The Hall–Kier alpha value is -0.440. The van der Waals surface area contributed by atoms with E-state index in [4.69, 9.17) is 0 Å². The van der Waals surface area contributed by atoms with Crippen molar-refractivity contribution in [2.24, 2.45) is 5.92 Å². The van der Waals surface area contributed by atoms with E-state index < -0.39 is 0 Å². The third kappa shape index (κ3) is 2.58. The zero-order valence-corrected chi connectivity index (χ0v) is 6.63. The van der Waals surface area contributed by atoms with Crippen LogP contribution in [0, 0.1) is 5.92 Å². The standard InChI is InChI=1S/C8H14FNO/c9-3-6-10-4-1-8(7-11)2-5-10/h7-8H,1-6H2. The molecule has 0 radical (unpaired) electrons. The lowest BCUT2D eigenvalue weighted by atomic mass is 9.99. The molecule has 1 saturated heterocycles. The van der Waals surface area contributed by atoms with Crippen molar-refractivity contribution < 1.29 is 9.18 Å². The Morgan fingerprint density at radius 1 is 1.45 bits per heavy atom. The van der Waals surface area contributed by atoms with Crippen LogP contribution in [0.25, 0.3) is 0 Å². The van der Waals surface area contributed by atoms with E-state index in [1.54, 1.807) is 0 Å². The second-order valence-electron chi connectivity index (χ2n) is 3.00. The Morgan fingerprint density at radius 2 is 2.09 bits per heavy atom. The Kier molecular flexibility index (Phi) is 3.49. The molecule has 1 rings (SSSR count). The number of hydrogen-bond donors (Lipinski definition) is 0. The smallest absolute Gasteiger partial charge is 0.123 e. The Bertz CT molecular complexity index is 121. The summed E-state index contributed by atoms with van der Waals surface area (Å²) in [7, 11) is 0. The molecule has 2 nitrogen and oxygen atoms in total. The fraction of sp³-hybridized carbons (Fsp3) is 0.875. The van der Waals surface area contributed by atoms with E-state index in [9.17, 15) is 9.18 Å². The van der Waals surface area contributed by atoms with Crippen molar-refractivity contribution in [3.63, 3.8) is 0 Å². The van der Waals surface area contributed by atoms with E-state index in [0.29, 0.717) is 6.54 Å². The number of hydrogen-bond acceptors (Lipinski definition) is 2. The van der Waals surface area contributed by atoms with Gasteiger partial charge in [-0.05, 0) is 25.9 Å². The normalized spacial score (nSPS) is 21.9. The minimum Gasteiger partial charge on any atom is -0.303 e. The number of halogens is 1. The van der Waals surface area contributed by atoms with Crippen LogP contribution in [-0.4, -0.2) is 37.5 Å². The average molecular weight is 159 g/mol. The number of nitrogens with zero attached hydrogens (tertiary/aromatic N) is 1. The van der Waals surface area contributed by atoms with Crippen molar-refractivity contribution in [2.75, 3.05) is 26.3 Å². The first kappa shape index (κ1) is 8.65. The van der Waals surface area contributed by atoms with Gasteiger partial charge in [0, 0.05) is 12.5 Å². The topological polar surface area (TPSA) is 20.3 Å². The summed E-state index contributed by atoms with van der Waals surface area (Å²) in [5, 5.41) is 0. The summed E-state index contributed by atoms with van der Waals surface area (Å²) in [4.78, 5) is 12.4. The molecule has 3 heteroatoms. The minimum atomic E-state index is -0.272. The predicted octanol–water partition coefficient (Wildman–Crippen LogP) is 0.867. The van der Waals surface area contributed by atoms with Crippen LogP contribution in [0.5, 0.6) is 0 Å². The van der Waals surface area contributed by atoms with Crippen LogP contribution in [-0.2, 0) is 4.79 Å². The van der Waals surface area contributed by atoms with Crippen LogP contribution in [0.1, 0.15) is 12.8 Å². The Morgan fingerprint density at radius 3 is 2.55 bits per heavy atom. The van der Waals surface area contributed by atoms with Gasteiger partial charge in [-0.15, -0.1) is 0 Å². The summed E-state index contributed by atoms with van der Waals surface area (Å²) in [6, 6.07) is 0. The van der Waals surface area contributed by atoms with Crippen molar-refractivity contribution in [3.05, 3.63) is 0 Å². The molecular weight excluding hydrogens is 145 g/mol. The number of piperidine rings is 1. The first-order valence-electron chi connectivity index (χ1n) is 4.10. The van der Waals surface area contributed by atoms with Gasteiger partial charge < -0.3 is 9.69 Å². The number of alkyl halides is 1. The van der Waals surface area contributed by atoms with Crippen LogP contribution < -0.4 is 0 Å². The summed E-state index contributed by atoms with van der Waals surface area (Å²) in [5.41, 5.74) is 0. The third-order valence-corrected chi connectivity index (χ3v) is 2.23. The highest BCUT2D eigenvalue weighted by molar-refractivity contribution is 5.53. The molecule has 1 aliphatic rings. The molecule has 0 aromatic carbocycles. The fourth-order valence-electron chi connectivity index (χ4n) is 1.43. The van der Waals surface area contributed by atoms with Crippen LogP contribution in [0.2, 0.25) is 0 Å². The van der Waals surface area contributed by atoms with Crippen LogP contribution in [0.15, 0.2) is 0 Å². The van der Waals surface area contributed by atoms with Gasteiger partial charge in [0.25, 0.3) is 0 Å². The molecule has 0 saturated carbocycles. The van der Waals surface area contributed by atoms with Crippen LogP contribution in [0.4, 0.5) is 4.39 Å². The molecule has 0 bridgehead atoms. The van der Waals surface area contributed by atoms with Gasteiger partial charge in [0.1, 0.15) is 13.0 Å². The van der Waals surface area contributed by atoms with E-state index in [-0.39, 0.29) is 12.6 Å². The first-order valence-corrected chi connectivity index (χ1v) is 4.10. The quantitative estimate of drug-likeness (QED) is 0.569. The van der Waals surface area contributed by atoms with E-state index >= 15 is 0 Å². The van der Waals surface area contributed by atoms with Crippen molar-refractivity contribution in [1.29, 1.82) is 0 Å². The maximum atomic E-state index is 11.8. The highest BCUT2D eigenvalue weighted by Crippen LogP contribution is 2.13. The van der Waals surface area contributed by atoms with Crippen molar-refractivity contribution >= 4 is 6.29 Å². The molecule has 0 atom stereocenters. The number of aldehydes is 1. The Labute approximate surface area is 66.4 Å². The SMILES string of the molecule is O=CC1CCN(CCF)CC1. The molecule has 0 aromatic heterocycles. The zero-order valence-electron chi connectivity index (χ0n) is 6.63. The van der Waals surface area contributed by atoms with Gasteiger partial charge in [0.2, 0.25) is 0 Å². The molecule has 0 unspecified atom stereocenters. The summed E-state index contributed by atoms with van der Waals surface area (Å²) in [6.45, 7) is 2.03. The molecule has 11 heavy (non-hydrogen) atoms. The summed E-state index contributed by atoms with van der Waals surface area (Å²) >= 11 is 0. The van der Waals surface area contributed by atoms with E-state index in [0.717, 1.165) is 32.2 Å². The number of carbonyl (C=O) groups excluding carboxylic acids is 1. The van der Waals surface area contributed by atoms with Gasteiger partial charge in [0.05, 0.1) is 0 Å². The molecular formula is C8H14FNO. The van der Waals surface area contributed by atoms with Crippen LogP contribution >= 0.6 is 0 Å². The molecule has 0 N–H and O–H groups in total. The van der Waals surface area contributed by atoms with Gasteiger partial charge in [-0.3, -0.25) is 0 Å². The second-order valence-corrected chi connectivity index (χ2v) is 3.00.